The SMILES string of the molecule is CC(=O)c1cc2c(cc1Br)C(C)(C)CC(=O)N2Cc1ccccc1. The van der Waals surface area contributed by atoms with Crippen molar-refractivity contribution in [3.05, 3.63) is 63.6 Å². The highest BCUT2D eigenvalue weighted by Gasteiger charge is 2.37. The van der Waals surface area contributed by atoms with E-state index < -0.39 is 0 Å². The van der Waals surface area contributed by atoms with Crippen LogP contribution in [0, 0.1) is 0 Å². The molecule has 3 nitrogen and oxygen atoms in total. The van der Waals surface area contributed by atoms with Crippen LogP contribution in [-0.2, 0) is 16.8 Å². The molecule has 2 aromatic carbocycles. The van der Waals surface area contributed by atoms with Crippen LogP contribution in [0.15, 0.2) is 46.9 Å². The topological polar surface area (TPSA) is 37.4 Å². The van der Waals surface area contributed by atoms with Crippen molar-refractivity contribution in [2.24, 2.45) is 0 Å². The summed E-state index contributed by atoms with van der Waals surface area (Å²) in [6.45, 7) is 6.21. The summed E-state index contributed by atoms with van der Waals surface area (Å²) in [7, 11) is 0. The van der Waals surface area contributed by atoms with Gasteiger partial charge in [-0.15, -0.1) is 0 Å². The first-order valence-corrected chi connectivity index (χ1v) is 8.78. The average Bonchev–Trinajstić information content (AvgIpc) is 2.51. The second-order valence-electron chi connectivity index (χ2n) is 6.93. The smallest absolute Gasteiger partial charge is 0.228 e. The van der Waals surface area contributed by atoms with E-state index in [1.54, 1.807) is 11.8 Å². The molecular formula is C20H20BrNO2. The monoisotopic (exact) mass is 385 g/mol. The number of Topliss-reactive ketones (excluding diaryl/α,β-unsaturated/α-hetero) is 1. The van der Waals surface area contributed by atoms with E-state index in [-0.39, 0.29) is 17.1 Å². The predicted octanol–water partition coefficient (Wildman–Crippen LogP) is 4.87. The van der Waals surface area contributed by atoms with Crippen LogP contribution in [0.25, 0.3) is 0 Å². The molecule has 0 saturated heterocycles. The van der Waals surface area contributed by atoms with Gasteiger partial charge in [0.2, 0.25) is 5.91 Å². The molecule has 0 unspecified atom stereocenters. The Morgan fingerprint density at radius 2 is 1.88 bits per heavy atom. The summed E-state index contributed by atoms with van der Waals surface area (Å²) >= 11 is 3.51. The second-order valence-corrected chi connectivity index (χ2v) is 7.79. The van der Waals surface area contributed by atoms with Crippen molar-refractivity contribution in [2.45, 2.75) is 39.2 Å². The van der Waals surface area contributed by atoms with E-state index in [9.17, 15) is 9.59 Å². The summed E-state index contributed by atoms with van der Waals surface area (Å²) in [5, 5.41) is 0. The highest BCUT2D eigenvalue weighted by atomic mass is 79.9. The van der Waals surface area contributed by atoms with Gasteiger partial charge in [-0.05, 0) is 30.2 Å². The third kappa shape index (κ3) is 3.03. The maximum absolute atomic E-state index is 12.8. The molecule has 0 N–H and O–H groups in total. The molecule has 0 bridgehead atoms. The highest BCUT2D eigenvalue weighted by Crippen LogP contribution is 2.43. The van der Waals surface area contributed by atoms with E-state index in [1.807, 2.05) is 42.5 Å². The fourth-order valence-electron chi connectivity index (χ4n) is 3.24. The second kappa shape index (κ2) is 6.17. The van der Waals surface area contributed by atoms with Crippen molar-refractivity contribution in [1.29, 1.82) is 0 Å². The van der Waals surface area contributed by atoms with Gasteiger partial charge in [0.05, 0.1) is 6.54 Å². The van der Waals surface area contributed by atoms with Gasteiger partial charge in [0.1, 0.15) is 0 Å². The van der Waals surface area contributed by atoms with Crippen LogP contribution in [0.1, 0.15) is 48.7 Å². The third-order valence-corrected chi connectivity index (χ3v) is 5.22. The minimum Gasteiger partial charge on any atom is -0.308 e. The number of nitrogens with zero attached hydrogens (tertiary/aromatic N) is 1. The quantitative estimate of drug-likeness (QED) is 0.706. The summed E-state index contributed by atoms with van der Waals surface area (Å²) in [4.78, 5) is 26.5. The molecule has 1 heterocycles. The number of amides is 1. The van der Waals surface area contributed by atoms with Gasteiger partial charge >= 0.3 is 0 Å². The molecule has 24 heavy (non-hydrogen) atoms. The molecule has 4 heteroatoms. The maximum atomic E-state index is 12.8. The Labute approximate surface area is 150 Å². The Morgan fingerprint density at radius 1 is 1.21 bits per heavy atom. The van der Waals surface area contributed by atoms with Crippen LogP contribution in [0.4, 0.5) is 5.69 Å². The molecule has 0 fully saturated rings. The zero-order chi connectivity index (χ0) is 17.5. The Hall–Kier alpha value is -1.94. The zero-order valence-electron chi connectivity index (χ0n) is 14.1. The highest BCUT2D eigenvalue weighted by molar-refractivity contribution is 9.10. The molecule has 1 aliphatic rings. The van der Waals surface area contributed by atoms with E-state index in [2.05, 4.69) is 29.8 Å². The maximum Gasteiger partial charge on any atom is 0.228 e. The molecule has 2 aromatic rings. The first kappa shape index (κ1) is 16.9. The lowest BCUT2D eigenvalue weighted by Crippen LogP contribution is -2.41. The normalized spacial score (nSPS) is 16.0. The number of hydrogen-bond donors (Lipinski definition) is 0. The number of ketones is 1. The van der Waals surface area contributed by atoms with Gasteiger partial charge in [0.15, 0.2) is 5.78 Å². The molecule has 3 rings (SSSR count). The molecule has 1 amide bonds. The summed E-state index contributed by atoms with van der Waals surface area (Å²) in [6, 6.07) is 13.8. The van der Waals surface area contributed by atoms with Crippen LogP contribution in [0.5, 0.6) is 0 Å². The van der Waals surface area contributed by atoms with Crippen molar-refractivity contribution in [1.82, 2.24) is 0 Å². The molecule has 0 spiro atoms. The van der Waals surface area contributed by atoms with Crippen LogP contribution in [0.2, 0.25) is 0 Å². The van der Waals surface area contributed by atoms with Crippen molar-refractivity contribution in [3.63, 3.8) is 0 Å². The minimum atomic E-state index is -0.253. The molecule has 0 radical (unpaired) electrons. The number of carbonyl (C=O) groups is 2. The molecule has 1 aliphatic heterocycles. The van der Waals surface area contributed by atoms with Crippen LogP contribution >= 0.6 is 15.9 Å². The molecule has 0 aliphatic carbocycles. The van der Waals surface area contributed by atoms with E-state index in [0.717, 1.165) is 21.3 Å². The van der Waals surface area contributed by atoms with Crippen LogP contribution in [0.3, 0.4) is 0 Å². The number of fused-ring (bicyclic) bond motifs is 1. The standard InChI is InChI=1S/C20H20BrNO2/c1-13(23)15-9-18-16(10-17(15)21)20(2,3)11-19(24)22(18)12-14-7-5-4-6-8-14/h4-10H,11-12H2,1-3H3. The minimum absolute atomic E-state index is 0.0137. The Bertz CT molecular complexity index is 812. The van der Waals surface area contributed by atoms with E-state index in [0.29, 0.717) is 18.5 Å². The third-order valence-electron chi connectivity index (χ3n) is 4.56. The first-order chi connectivity index (χ1) is 11.3. The number of rotatable bonds is 3. The van der Waals surface area contributed by atoms with Crippen molar-refractivity contribution in [2.75, 3.05) is 4.90 Å². The van der Waals surface area contributed by atoms with Gasteiger partial charge < -0.3 is 4.90 Å². The van der Waals surface area contributed by atoms with Gasteiger partial charge in [0, 0.05) is 27.6 Å². The number of anilines is 1. The average molecular weight is 386 g/mol. The van der Waals surface area contributed by atoms with Gasteiger partial charge in [-0.1, -0.05) is 60.1 Å². The Kier molecular flexibility index (Phi) is 4.35. The lowest BCUT2D eigenvalue weighted by molar-refractivity contribution is -0.120. The molecule has 0 aromatic heterocycles. The van der Waals surface area contributed by atoms with Gasteiger partial charge in [-0.25, -0.2) is 0 Å². The van der Waals surface area contributed by atoms with Crippen molar-refractivity contribution in [3.8, 4) is 0 Å². The summed E-state index contributed by atoms with van der Waals surface area (Å²) in [5.74, 6) is 0.0772. The van der Waals surface area contributed by atoms with E-state index in [1.165, 1.54) is 0 Å². The van der Waals surface area contributed by atoms with E-state index in [4.69, 9.17) is 0 Å². The van der Waals surface area contributed by atoms with Crippen molar-refractivity contribution >= 4 is 33.3 Å². The zero-order valence-corrected chi connectivity index (χ0v) is 15.7. The summed E-state index contributed by atoms with van der Waals surface area (Å²) in [5.41, 5.74) is 3.36. The predicted molar refractivity (Wildman–Crippen MR) is 99.4 cm³/mol. The fraction of sp³-hybridized carbons (Fsp3) is 0.300. The van der Waals surface area contributed by atoms with Gasteiger partial charge in [-0.3, -0.25) is 9.59 Å². The van der Waals surface area contributed by atoms with Gasteiger partial charge in [-0.2, -0.15) is 0 Å². The lowest BCUT2D eigenvalue weighted by atomic mass is 9.76. The summed E-state index contributed by atoms with van der Waals surface area (Å²) in [6.07, 6.45) is 0.457. The van der Waals surface area contributed by atoms with Crippen LogP contribution in [-0.4, -0.2) is 11.7 Å². The number of benzene rings is 2. The summed E-state index contributed by atoms with van der Waals surface area (Å²) < 4.78 is 0.788. The number of halogens is 1. The fourth-order valence-corrected chi connectivity index (χ4v) is 3.86. The Balaban J connectivity index is 2.14. The largest absolute Gasteiger partial charge is 0.308 e. The van der Waals surface area contributed by atoms with Crippen molar-refractivity contribution < 1.29 is 9.59 Å². The molecule has 124 valence electrons. The molecule has 0 atom stereocenters. The molecule has 0 saturated carbocycles. The Morgan fingerprint density at radius 3 is 2.50 bits per heavy atom. The number of carbonyl (C=O) groups excluding carboxylic acids is 2. The van der Waals surface area contributed by atoms with E-state index >= 15 is 0 Å². The molecular weight excluding hydrogens is 366 g/mol. The number of hydrogen-bond acceptors (Lipinski definition) is 2. The van der Waals surface area contributed by atoms with Crippen LogP contribution < -0.4 is 4.90 Å². The lowest BCUT2D eigenvalue weighted by Gasteiger charge is -2.39. The first-order valence-electron chi connectivity index (χ1n) is 7.99. The van der Waals surface area contributed by atoms with Gasteiger partial charge in [0.25, 0.3) is 0 Å².